The molecule has 150 valence electrons. The van der Waals surface area contributed by atoms with Crippen LogP contribution in [-0.4, -0.2) is 34.4 Å². The third-order valence-corrected chi connectivity index (χ3v) is 4.53. The quantitative estimate of drug-likeness (QED) is 0.661. The fourth-order valence-electron chi connectivity index (χ4n) is 3.18. The number of piperidine rings is 1. The molecule has 1 saturated heterocycles. The van der Waals surface area contributed by atoms with Crippen molar-refractivity contribution < 1.29 is 9.53 Å². The molecule has 1 aromatic carbocycles. The molecular formula is C20H24Cl2N4O2. The van der Waals surface area contributed by atoms with Crippen LogP contribution < -0.4 is 15.4 Å². The van der Waals surface area contributed by atoms with Gasteiger partial charge in [-0.1, -0.05) is 12.1 Å². The lowest BCUT2D eigenvalue weighted by Crippen LogP contribution is -2.45. The van der Waals surface area contributed by atoms with E-state index < -0.39 is 0 Å². The SMILES string of the molecule is Cl.Cl.O=C(NC1CCCNC1)c1cccc(OCc2cn3ccccc3n2)c1. The molecule has 3 heterocycles. The Kier molecular flexibility index (Phi) is 8.11. The summed E-state index contributed by atoms with van der Waals surface area (Å²) < 4.78 is 7.79. The Morgan fingerprint density at radius 1 is 1.25 bits per heavy atom. The number of nitrogens with zero attached hydrogens (tertiary/aromatic N) is 2. The van der Waals surface area contributed by atoms with Gasteiger partial charge in [0.25, 0.3) is 5.91 Å². The summed E-state index contributed by atoms with van der Waals surface area (Å²) in [5, 5.41) is 6.39. The van der Waals surface area contributed by atoms with Gasteiger partial charge in [-0.15, -0.1) is 24.8 Å². The Morgan fingerprint density at radius 2 is 2.14 bits per heavy atom. The van der Waals surface area contributed by atoms with Crippen LogP contribution in [0.1, 0.15) is 28.9 Å². The van der Waals surface area contributed by atoms with Crippen LogP contribution in [0.2, 0.25) is 0 Å². The summed E-state index contributed by atoms with van der Waals surface area (Å²) in [5.41, 5.74) is 2.35. The third kappa shape index (κ3) is 5.38. The molecule has 8 heteroatoms. The Bertz CT molecular complexity index is 877. The molecule has 28 heavy (non-hydrogen) atoms. The van der Waals surface area contributed by atoms with Gasteiger partial charge in [0.15, 0.2) is 0 Å². The standard InChI is InChI=1S/C20H22N4O2.2ClH/c25-20(23-16-6-4-9-21-12-16)15-5-3-7-18(11-15)26-14-17-13-24-10-2-1-8-19(24)22-17;;/h1-3,5,7-8,10-11,13,16,21H,4,6,9,12,14H2,(H,23,25);2*1H. The lowest BCUT2D eigenvalue weighted by Gasteiger charge is -2.23. The Hall–Kier alpha value is -2.28. The molecule has 1 unspecified atom stereocenters. The molecular weight excluding hydrogens is 399 g/mol. The Balaban J connectivity index is 0.00000140. The van der Waals surface area contributed by atoms with E-state index in [-0.39, 0.29) is 36.8 Å². The summed E-state index contributed by atoms with van der Waals surface area (Å²) in [5.74, 6) is 0.605. The van der Waals surface area contributed by atoms with Crippen molar-refractivity contribution in [2.24, 2.45) is 0 Å². The molecule has 1 fully saturated rings. The minimum absolute atomic E-state index is 0. The molecule has 0 radical (unpaired) electrons. The molecule has 1 aliphatic rings. The van der Waals surface area contributed by atoms with E-state index in [2.05, 4.69) is 15.6 Å². The largest absolute Gasteiger partial charge is 0.487 e. The fraction of sp³-hybridized carbons (Fsp3) is 0.300. The first-order valence-electron chi connectivity index (χ1n) is 8.95. The lowest BCUT2D eigenvalue weighted by atomic mass is 10.1. The molecule has 0 saturated carbocycles. The van der Waals surface area contributed by atoms with E-state index >= 15 is 0 Å². The van der Waals surface area contributed by atoms with Crippen molar-refractivity contribution in [2.75, 3.05) is 13.1 Å². The van der Waals surface area contributed by atoms with Crippen LogP contribution in [0.4, 0.5) is 0 Å². The minimum Gasteiger partial charge on any atom is -0.487 e. The number of ether oxygens (including phenoxy) is 1. The average molecular weight is 423 g/mol. The van der Waals surface area contributed by atoms with Crippen LogP contribution in [0.3, 0.4) is 0 Å². The number of aromatic nitrogens is 2. The predicted molar refractivity (Wildman–Crippen MR) is 114 cm³/mol. The lowest BCUT2D eigenvalue weighted by molar-refractivity contribution is 0.0930. The Morgan fingerprint density at radius 3 is 2.93 bits per heavy atom. The van der Waals surface area contributed by atoms with Crippen molar-refractivity contribution in [3.8, 4) is 5.75 Å². The zero-order valence-corrected chi connectivity index (χ0v) is 17.0. The van der Waals surface area contributed by atoms with Gasteiger partial charge in [0.2, 0.25) is 0 Å². The van der Waals surface area contributed by atoms with E-state index in [0.29, 0.717) is 17.9 Å². The van der Waals surface area contributed by atoms with E-state index in [1.807, 2.05) is 53.2 Å². The summed E-state index contributed by atoms with van der Waals surface area (Å²) in [7, 11) is 0. The highest BCUT2D eigenvalue weighted by Crippen LogP contribution is 2.16. The summed E-state index contributed by atoms with van der Waals surface area (Å²) >= 11 is 0. The van der Waals surface area contributed by atoms with Gasteiger partial charge in [0.1, 0.15) is 18.0 Å². The maximum atomic E-state index is 12.4. The van der Waals surface area contributed by atoms with Crippen LogP contribution in [0.15, 0.2) is 54.9 Å². The van der Waals surface area contributed by atoms with Crippen LogP contribution in [0.25, 0.3) is 5.65 Å². The maximum absolute atomic E-state index is 12.4. The van der Waals surface area contributed by atoms with E-state index in [4.69, 9.17) is 4.74 Å². The van der Waals surface area contributed by atoms with Crippen molar-refractivity contribution in [2.45, 2.75) is 25.5 Å². The molecule has 2 aromatic heterocycles. The van der Waals surface area contributed by atoms with E-state index in [1.54, 1.807) is 6.07 Å². The third-order valence-electron chi connectivity index (χ3n) is 4.53. The van der Waals surface area contributed by atoms with Crippen molar-refractivity contribution in [3.63, 3.8) is 0 Å². The molecule has 1 aliphatic heterocycles. The first-order chi connectivity index (χ1) is 12.8. The highest BCUT2D eigenvalue weighted by atomic mass is 35.5. The van der Waals surface area contributed by atoms with Gasteiger partial charge in [-0.05, 0) is 49.7 Å². The fourth-order valence-corrected chi connectivity index (χ4v) is 3.18. The van der Waals surface area contributed by atoms with Crippen LogP contribution in [0.5, 0.6) is 5.75 Å². The second-order valence-corrected chi connectivity index (χ2v) is 6.53. The number of benzene rings is 1. The Labute approximate surface area is 176 Å². The number of rotatable bonds is 5. The topological polar surface area (TPSA) is 67.7 Å². The molecule has 1 amide bonds. The van der Waals surface area contributed by atoms with Gasteiger partial charge in [0, 0.05) is 30.5 Å². The molecule has 6 nitrogen and oxygen atoms in total. The summed E-state index contributed by atoms with van der Waals surface area (Å²) in [6.45, 7) is 2.22. The number of imidazole rings is 1. The summed E-state index contributed by atoms with van der Waals surface area (Å²) in [4.78, 5) is 17.0. The minimum atomic E-state index is -0.0584. The number of halogens is 2. The number of fused-ring (bicyclic) bond motifs is 1. The van der Waals surface area contributed by atoms with Gasteiger partial charge in [0.05, 0.1) is 5.69 Å². The smallest absolute Gasteiger partial charge is 0.251 e. The first kappa shape index (κ1) is 22.0. The zero-order chi connectivity index (χ0) is 17.8. The van der Waals surface area contributed by atoms with E-state index in [0.717, 1.165) is 37.3 Å². The summed E-state index contributed by atoms with van der Waals surface area (Å²) in [6.07, 6.45) is 6.01. The number of nitrogens with one attached hydrogen (secondary N) is 2. The number of hydrogen-bond donors (Lipinski definition) is 2. The van der Waals surface area contributed by atoms with E-state index in [9.17, 15) is 4.79 Å². The highest BCUT2D eigenvalue weighted by Gasteiger charge is 2.16. The van der Waals surface area contributed by atoms with Crippen LogP contribution in [0, 0.1) is 0 Å². The first-order valence-corrected chi connectivity index (χ1v) is 8.95. The number of carbonyl (C=O) groups excluding carboxylic acids is 1. The highest BCUT2D eigenvalue weighted by molar-refractivity contribution is 5.94. The second-order valence-electron chi connectivity index (χ2n) is 6.53. The zero-order valence-electron chi connectivity index (χ0n) is 15.3. The number of hydrogen-bond acceptors (Lipinski definition) is 4. The molecule has 0 bridgehead atoms. The molecule has 3 aromatic rings. The van der Waals surface area contributed by atoms with E-state index in [1.165, 1.54) is 0 Å². The molecule has 0 aliphatic carbocycles. The van der Waals surface area contributed by atoms with Gasteiger partial charge >= 0.3 is 0 Å². The number of amides is 1. The van der Waals surface area contributed by atoms with Crippen LogP contribution >= 0.6 is 24.8 Å². The van der Waals surface area contributed by atoms with Crippen molar-refractivity contribution in [1.82, 2.24) is 20.0 Å². The molecule has 0 spiro atoms. The van der Waals surface area contributed by atoms with Gasteiger partial charge < -0.3 is 19.8 Å². The van der Waals surface area contributed by atoms with Gasteiger partial charge in [-0.25, -0.2) is 4.98 Å². The van der Waals surface area contributed by atoms with Gasteiger partial charge in [-0.2, -0.15) is 0 Å². The monoisotopic (exact) mass is 422 g/mol. The maximum Gasteiger partial charge on any atom is 0.251 e. The predicted octanol–water partition coefficient (Wildman–Crippen LogP) is 3.24. The summed E-state index contributed by atoms with van der Waals surface area (Å²) in [6, 6.07) is 13.3. The van der Waals surface area contributed by atoms with Crippen molar-refractivity contribution >= 4 is 36.4 Å². The molecule has 1 atom stereocenters. The van der Waals surface area contributed by atoms with Crippen molar-refractivity contribution in [1.29, 1.82) is 0 Å². The van der Waals surface area contributed by atoms with Crippen LogP contribution in [-0.2, 0) is 6.61 Å². The average Bonchev–Trinajstić information content (AvgIpc) is 3.10. The number of pyridine rings is 1. The van der Waals surface area contributed by atoms with Crippen molar-refractivity contribution in [3.05, 3.63) is 66.1 Å². The van der Waals surface area contributed by atoms with Gasteiger partial charge in [-0.3, -0.25) is 4.79 Å². The second kappa shape index (κ2) is 10.3. The number of carbonyl (C=O) groups is 1. The molecule has 2 N–H and O–H groups in total. The molecule has 4 rings (SSSR count). The normalized spacial score (nSPS) is 15.9.